The molecular weight excluding hydrogens is 398 g/mol. The van der Waals surface area contributed by atoms with E-state index in [1.807, 2.05) is 12.1 Å². The zero-order valence-electron chi connectivity index (χ0n) is 14.7. The van der Waals surface area contributed by atoms with E-state index in [0.29, 0.717) is 37.4 Å². The van der Waals surface area contributed by atoms with Crippen molar-refractivity contribution < 1.29 is 9.59 Å². The number of aryl methyl sites for hydroxylation is 1. The highest BCUT2D eigenvalue weighted by molar-refractivity contribution is 9.10. The molecule has 0 saturated carbocycles. The first kappa shape index (κ1) is 18.6. The van der Waals surface area contributed by atoms with Gasteiger partial charge in [-0.25, -0.2) is 4.98 Å². The third kappa shape index (κ3) is 4.49. The van der Waals surface area contributed by atoms with E-state index in [2.05, 4.69) is 43.4 Å². The maximum absolute atomic E-state index is 12.5. The molecule has 1 fully saturated rings. The van der Waals surface area contributed by atoms with Crippen molar-refractivity contribution in [3.63, 3.8) is 0 Å². The van der Waals surface area contributed by atoms with Crippen LogP contribution in [0.15, 0.2) is 28.9 Å². The molecule has 0 unspecified atom stereocenters. The van der Waals surface area contributed by atoms with Crippen LogP contribution in [0.4, 0.5) is 5.82 Å². The number of amides is 2. The number of hydrogen-bond acceptors (Lipinski definition) is 4. The van der Waals surface area contributed by atoms with Crippen LogP contribution in [0.1, 0.15) is 42.4 Å². The number of rotatable bonds is 5. The smallest absolute Gasteiger partial charge is 0.274 e. The van der Waals surface area contributed by atoms with Gasteiger partial charge in [-0.1, -0.05) is 13.3 Å². The number of anilines is 1. The molecule has 2 aromatic heterocycles. The van der Waals surface area contributed by atoms with Gasteiger partial charge in [0.25, 0.3) is 5.91 Å². The quantitative estimate of drug-likeness (QED) is 0.778. The molecule has 0 aliphatic carbocycles. The summed E-state index contributed by atoms with van der Waals surface area (Å²) in [4.78, 5) is 30.9. The predicted molar refractivity (Wildman–Crippen MR) is 102 cm³/mol. The molecule has 0 bridgehead atoms. The average Bonchev–Trinajstić information content (AvgIpc) is 3.12. The van der Waals surface area contributed by atoms with Crippen LogP contribution in [0, 0.1) is 5.92 Å². The molecular formula is C18H22BrN5O2. The highest BCUT2D eigenvalue weighted by Crippen LogP contribution is 2.21. The van der Waals surface area contributed by atoms with Gasteiger partial charge in [-0.15, -0.1) is 0 Å². The Morgan fingerprint density at radius 3 is 2.77 bits per heavy atom. The van der Waals surface area contributed by atoms with Gasteiger partial charge in [0, 0.05) is 35.4 Å². The normalized spacial score (nSPS) is 15.1. The highest BCUT2D eigenvalue weighted by atomic mass is 79.9. The van der Waals surface area contributed by atoms with Crippen molar-refractivity contribution >= 4 is 33.6 Å². The van der Waals surface area contributed by atoms with Crippen molar-refractivity contribution in [2.24, 2.45) is 5.92 Å². The van der Waals surface area contributed by atoms with Crippen LogP contribution in [-0.4, -0.2) is 45.0 Å². The zero-order chi connectivity index (χ0) is 18.5. The number of pyridine rings is 1. The molecule has 7 nitrogen and oxygen atoms in total. The van der Waals surface area contributed by atoms with Gasteiger partial charge in [0.15, 0.2) is 0 Å². The first-order valence-electron chi connectivity index (χ1n) is 8.82. The minimum atomic E-state index is -0.112. The molecule has 26 heavy (non-hydrogen) atoms. The van der Waals surface area contributed by atoms with Gasteiger partial charge in [0.05, 0.1) is 0 Å². The van der Waals surface area contributed by atoms with Gasteiger partial charge < -0.3 is 10.2 Å². The molecule has 0 aromatic carbocycles. The third-order valence-corrected chi connectivity index (χ3v) is 4.97. The number of nitrogens with one attached hydrogen (secondary N) is 2. The van der Waals surface area contributed by atoms with Gasteiger partial charge in [0.1, 0.15) is 11.5 Å². The number of hydrogen-bond donors (Lipinski definition) is 2. The first-order chi connectivity index (χ1) is 12.6. The second-order valence-corrected chi connectivity index (χ2v) is 7.36. The van der Waals surface area contributed by atoms with E-state index < -0.39 is 0 Å². The van der Waals surface area contributed by atoms with E-state index in [-0.39, 0.29) is 17.7 Å². The van der Waals surface area contributed by atoms with Gasteiger partial charge in [0.2, 0.25) is 5.91 Å². The van der Waals surface area contributed by atoms with E-state index in [9.17, 15) is 9.59 Å². The summed E-state index contributed by atoms with van der Waals surface area (Å²) in [5.41, 5.74) is 1.43. The van der Waals surface area contributed by atoms with Crippen molar-refractivity contribution in [3.8, 4) is 0 Å². The lowest BCUT2D eigenvalue weighted by molar-refractivity contribution is -0.121. The fraction of sp³-hybridized carbons (Fsp3) is 0.444. The summed E-state index contributed by atoms with van der Waals surface area (Å²) >= 11 is 3.32. The summed E-state index contributed by atoms with van der Waals surface area (Å²) < 4.78 is 0.864. The first-order valence-corrected chi connectivity index (χ1v) is 9.62. The van der Waals surface area contributed by atoms with Gasteiger partial charge in [-0.2, -0.15) is 5.10 Å². The Hall–Kier alpha value is -2.22. The van der Waals surface area contributed by atoms with Crippen LogP contribution >= 0.6 is 15.9 Å². The molecule has 3 heterocycles. The van der Waals surface area contributed by atoms with Crippen molar-refractivity contribution in [2.75, 3.05) is 18.4 Å². The molecule has 1 aliphatic rings. The topological polar surface area (TPSA) is 91.0 Å². The fourth-order valence-corrected chi connectivity index (χ4v) is 3.29. The van der Waals surface area contributed by atoms with Crippen molar-refractivity contribution in [3.05, 3.63) is 40.3 Å². The minimum Gasteiger partial charge on any atom is -0.337 e. The molecule has 1 saturated heterocycles. The van der Waals surface area contributed by atoms with E-state index >= 15 is 0 Å². The molecule has 2 aromatic rings. The summed E-state index contributed by atoms with van der Waals surface area (Å²) in [6, 6.07) is 5.41. The number of nitrogens with zero attached hydrogens (tertiary/aromatic N) is 3. The van der Waals surface area contributed by atoms with E-state index in [4.69, 9.17) is 0 Å². The van der Waals surface area contributed by atoms with Crippen molar-refractivity contribution in [1.82, 2.24) is 20.1 Å². The predicted octanol–water partition coefficient (Wildman–Crippen LogP) is 3.01. The van der Waals surface area contributed by atoms with Crippen LogP contribution < -0.4 is 5.32 Å². The van der Waals surface area contributed by atoms with E-state index in [0.717, 1.165) is 23.0 Å². The lowest BCUT2D eigenvalue weighted by atomic mass is 9.95. The summed E-state index contributed by atoms with van der Waals surface area (Å²) in [5.74, 6) is 0.310. The summed E-state index contributed by atoms with van der Waals surface area (Å²) in [7, 11) is 0. The summed E-state index contributed by atoms with van der Waals surface area (Å²) in [6.45, 7) is 3.20. The van der Waals surface area contributed by atoms with Crippen LogP contribution in [0.3, 0.4) is 0 Å². The minimum absolute atomic E-state index is 0.0445. The molecule has 2 N–H and O–H groups in total. The number of H-pyrrole nitrogens is 1. The van der Waals surface area contributed by atoms with Crippen molar-refractivity contribution in [2.45, 2.75) is 32.6 Å². The third-order valence-electron chi connectivity index (χ3n) is 4.50. The standard InChI is InChI=1S/C18H22BrN5O2/c1-2-3-14-10-15(23-22-14)18(26)24-8-6-12(7-9-24)17(25)21-16-5-4-13(19)11-20-16/h4-5,10-12H,2-3,6-9H2,1H3,(H,22,23)(H,20,21,25). The largest absolute Gasteiger partial charge is 0.337 e. The zero-order valence-corrected chi connectivity index (χ0v) is 16.3. The van der Waals surface area contributed by atoms with Crippen LogP contribution in [0.2, 0.25) is 0 Å². The number of carbonyl (C=O) groups excluding carboxylic acids is 2. The number of halogens is 1. The van der Waals surface area contributed by atoms with Crippen LogP contribution in [-0.2, 0) is 11.2 Å². The summed E-state index contributed by atoms with van der Waals surface area (Å²) in [6.07, 6.45) is 4.81. The number of carbonyl (C=O) groups is 2. The molecule has 1 aliphatic heterocycles. The van der Waals surface area contributed by atoms with Crippen LogP contribution in [0.25, 0.3) is 0 Å². The Morgan fingerprint density at radius 2 is 2.12 bits per heavy atom. The second kappa shape index (κ2) is 8.44. The molecule has 0 radical (unpaired) electrons. The van der Waals surface area contributed by atoms with Gasteiger partial charge in [-0.3, -0.25) is 14.7 Å². The second-order valence-electron chi connectivity index (χ2n) is 6.45. The average molecular weight is 420 g/mol. The highest BCUT2D eigenvalue weighted by Gasteiger charge is 2.28. The molecule has 0 atom stereocenters. The Balaban J connectivity index is 1.52. The summed E-state index contributed by atoms with van der Waals surface area (Å²) in [5, 5.41) is 9.87. The van der Waals surface area contributed by atoms with Crippen LogP contribution in [0.5, 0.6) is 0 Å². The Bertz CT molecular complexity index is 766. The Labute approximate surface area is 160 Å². The Morgan fingerprint density at radius 1 is 1.35 bits per heavy atom. The molecule has 138 valence electrons. The molecule has 2 amide bonds. The molecule has 3 rings (SSSR count). The lowest BCUT2D eigenvalue weighted by Gasteiger charge is -2.30. The Kier molecular flexibility index (Phi) is 6.03. The van der Waals surface area contributed by atoms with Gasteiger partial charge in [-0.05, 0) is 53.4 Å². The SMILES string of the molecule is CCCc1cc(C(=O)N2CCC(C(=O)Nc3ccc(Br)cn3)CC2)n[nH]1. The number of piperidine rings is 1. The fourth-order valence-electron chi connectivity index (χ4n) is 3.05. The van der Waals surface area contributed by atoms with Crippen molar-refractivity contribution in [1.29, 1.82) is 0 Å². The van der Waals surface area contributed by atoms with E-state index in [1.165, 1.54) is 0 Å². The molecule has 0 spiro atoms. The van der Waals surface area contributed by atoms with E-state index in [1.54, 1.807) is 17.2 Å². The van der Waals surface area contributed by atoms with Gasteiger partial charge >= 0.3 is 0 Å². The number of aromatic nitrogens is 3. The number of likely N-dealkylation sites (tertiary alicyclic amines) is 1. The lowest BCUT2D eigenvalue weighted by Crippen LogP contribution is -2.41. The number of aromatic amines is 1. The maximum atomic E-state index is 12.5. The molecule has 8 heteroatoms. The monoisotopic (exact) mass is 419 g/mol. The maximum Gasteiger partial charge on any atom is 0.274 e.